The van der Waals surface area contributed by atoms with E-state index in [9.17, 15) is 22.8 Å². The Bertz CT molecular complexity index is 855. The van der Waals surface area contributed by atoms with Gasteiger partial charge in [0.1, 0.15) is 21.9 Å². The van der Waals surface area contributed by atoms with Gasteiger partial charge in [0.25, 0.3) is 0 Å². The summed E-state index contributed by atoms with van der Waals surface area (Å²) in [5.41, 5.74) is 0.638. The second-order valence-corrected chi connectivity index (χ2v) is 8.42. The number of para-hydroxylation sites is 2. The maximum Gasteiger partial charge on any atom is 0.421 e. The van der Waals surface area contributed by atoms with Crippen LogP contribution >= 0.6 is 22.7 Å². The van der Waals surface area contributed by atoms with E-state index in [1.165, 1.54) is 18.9 Å². The minimum absolute atomic E-state index is 0.178. The Morgan fingerprint density at radius 3 is 2.69 bits per heavy atom. The van der Waals surface area contributed by atoms with Gasteiger partial charge in [0.15, 0.2) is 0 Å². The first-order valence-corrected chi connectivity index (χ1v) is 9.83. The Morgan fingerprint density at radius 2 is 2.04 bits per heavy atom. The van der Waals surface area contributed by atoms with Gasteiger partial charge in [0.2, 0.25) is 0 Å². The van der Waals surface area contributed by atoms with Gasteiger partial charge in [-0.25, -0.2) is 4.39 Å². The lowest BCUT2D eigenvalue weighted by molar-refractivity contribution is -0.0836. The van der Waals surface area contributed by atoms with E-state index in [1.807, 2.05) is 6.07 Å². The Morgan fingerprint density at radius 1 is 1.31 bits per heavy atom. The van der Waals surface area contributed by atoms with Gasteiger partial charge >= 0.3 is 6.18 Å². The van der Waals surface area contributed by atoms with E-state index in [2.05, 4.69) is 0 Å². The molecule has 0 amide bonds. The number of alkyl halides is 3. The number of nitriles is 1. The molecule has 0 spiro atoms. The van der Waals surface area contributed by atoms with E-state index in [-0.39, 0.29) is 4.91 Å². The molecule has 138 valence electrons. The quantitative estimate of drug-likeness (QED) is 0.428. The molecule has 2 aliphatic rings. The Hall–Kier alpha value is -2.05. The monoisotopic (exact) mass is 402 g/mol. The lowest BCUT2D eigenvalue weighted by atomic mass is 10.2. The van der Waals surface area contributed by atoms with Crippen LogP contribution in [0.15, 0.2) is 56.4 Å². The minimum atomic E-state index is -4.68. The van der Waals surface area contributed by atoms with Crippen LogP contribution in [-0.4, -0.2) is 25.6 Å². The highest BCUT2D eigenvalue weighted by Gasteiger charge is 2.44. The number of rotatable bonds is 3. The third-order valence-electron chi connectivity index (χ3n) is 3.83. The lowest BCUT2D eigenvalue weighted by Gasteiger charge is -2.26. The summed E-state index contributed by atoms with van der Waals surface area (Å²) in [5.74, 6) is 1.12. The second-order valence-electron chi connectivity index (χ2n) is 5.31. The van der Waals surface area contributed by atoms with E-state index in [0.29, 0.717) is 28.8 Å². The van der Waals surface area contributed by atoms with Crippen LogP contribution in [0.25, 0.3) is 0 Å². The normalized spacial score (nSPS) is 23.4. The first kappa shape index (κ1) is 18.7. The van der Waals surface area contributed by atoms with Gasteiger partial charge in [-0.15, -0.1) is 22.7 Å². The van der Waals surface area contributed by atoms with E-state index in [1.54, 1.807) is 29.2 Å². The predicted octanol–water partition coefficient (Wildman–Crippen LogP) is 5.21. The number of benzene rings is 1. The second kappa shape index (κ2) is 7.29. The van der Waals surface area contributed by atoms with Crippen LogP contribution in [0.2, 0.25) is 0 Å². The number of thiol groups is 1. The molecule has 2 aliphatic heterocycles. The summed E-state index contributed by atoms with van der Waals surface area (Å²) in [6, 6.07) is 8.87. The molecule has 3 nitrogen and oxygen atoms in total. The fraction of sp³-hybridized carbons (Fsp3) is 0.235. The number of thioether (sulfide) groups is 1. The Kier molecular flexibility index (Phi) is 5.25. The largest absolute Gasteiger partial charge is 0.495 e. The SMILES string of the molecule is COc1ccccc1N1CCS/C1=C(/C#N)[SH]1C(F)=CC=C1C(F)(F)F. The van der Waals surface area contributed by atoms with Gasteiger partial charge in [-0.1, -0.05) is 12.1 Å². The van der Waals surface area contributed by atoms with E-state index >= 15 is 0 Å². The molecule has 1 fully saturated rings. The molecule has 0 N–H and O–H groups in total. The summed E-state index contributed by atoms with van der Waals surface area (Å²) in [5, 5.41) is 9.03. The zero-order valence-electron chi connectivity index (χ0n) is 13.5. The van der Waals surface area contributed by atoms with Crippen molar-refractivity contribution in [3.8, 4) is 11.8 Å². The lowest BCUT2D eigenvalue weighted by Crippen LogP contribution is -2.19. The molecule has 26 heavy (non-hydrogen) atoms. The maximum absolute atomic E-state index is 14.2. The molecule has 1 aromatic carbocycles. The molecule has 0 saturated carbocycles. The van der Waals surface area contributed by atoms with Gasteiger partial charge in [0.05, 0.1) is 22.7 Å². The fourth-order valence-electron chi connectivity index (χ4n) is 2.75. The van der Waals surface area contributed by atoms with Crippen molar-refractivity contribution in [1.82, 2.24) is 0 Å². The van der Waals surface area contributed by atoms with Gasteiger partial charge in [0, 0.05) is 12.3 Å². The minimum Gasteiger partial charge on any atom is -0.495 e. The van der Waals surface area contributed by atoms with Crippen LogP contribution in [-0.2, 0) is 0 Å². The molecule has 0 bridgehead atoms. The standard InChI is InChI=1S/C17H14F4N2OS2/c1-24-12-5-3-2-4-11(12)23-8-9-25-16(23)13(10-22)26-14(17(19,20)21)6-7-15(26)18/h2-7,26H,8-9H2,1H3/b16-13-. The molecular formula is C17H14F4N2OS2. The summed E-state index contributed by atoms with van der Waals surface area (Å²) in [4.78, 5) is 0.550. The van der Waals surface area contributed by atoms with Crippen molar-refractivity contribution in [2.24, 2.45) is 0 Å². The average molecular weight is 402 g/mol. The number of hydrogen-bond acceptors (Lipinski definition) is 4. The first-order valence-electron chi connectivity index (χ1n) is 7.51. The molecule has 0 aromatic heterocycles. The Labute approximate surface area is 155 Å². The van der Waals surface area contributed by atoms with Gasteiger partial charge in [-0.3, -0.25) is 0 Å². The molecule has 0 radical (unpaired) electrons. The molecule has 1 unspecified atom stereocenters. The Balaban J connectivity index is 2.10. The van der Waals surface area contributed by atoms with Crippen LogP contribution in [0, 0.1) is 11.3 Å². The topological polar surface area (TPSA) is 36.3 Å². The van der Waals surface area contributed by atoms with Crippen molar-refractivity contribution in [2.75, 3.05) is 24.3 Å². The molecule has 2 heterocycles. The summed E-state index contributed by atoms with van der Waals surface area (Å²) >= 11 is 1.25. The predicted molar refractivity (Wildman–Crippen MR) is 97.8 cm³/mol. The summed E-state index contributed by atoms with van der Waals surface area (Å²) in [7, 11) is -1.03. The van der Waals surface area contributed by atoms with Crippen LogP contribution in [0.4, 0.5) is 23.2 Å². The number of methoxy groups -OCH3 is 1. The summed E-state index contributed by atoms with van der Waals surface area (Å²) in [6.07, 6.45) is -3.15. The van der Waals surface area contributed by atoms with Crippen LogP contribution in [0.5, 0.6) is 5.75 Å². The molecule has 1 saturated heterocycles. The highest BCUT2D eigenvalue weighted by atomic mass is 32.2. The van der Waals surface area contributed by atoms with Gasteiger partial charge < -0.3 is 9.64 Å². The highest BCUT2D eigenvalue weighted by molar-refractivity contribution is 8.27. The third-order valence-corrected chi connectivity index (χ3v) is 7.29. The smallest absolute Gasteiger partial charge is 0.421 e. The number of hydrogen-bond donors (Lipinski definition) is 1. The number of anilines is 1. The zero-order chi connectivity index (χ0) is 18.9. The van der Waals surface area contributed by atoms with E-state index < -0.39 is 27.1 Å². The molecule has 0 aliphatic carbocycles. The van der Waals surface area contributed by atoms with Crippen molar-refractivity contribution in [1.29, 1.82) is 5.26 Å². The summed E-state index contributed by atoms with van der Waals surface area (Å²) < 4.78 is 59.4. The van der Waals surface area contributed by atoms with E-state index in [0.717, 1.165) is 12.2 Å². The van der Waals surface area contributed by atoms with Crippen molar-refractivity contribution in [3.05, 3.63) is 56.4 Å². The maximum atomic E-state index is 14.2. The number of nitrogens with zero attached hydrogens (tertiary/aromatic N) is 2. The molecule has 9 heteroatoms. The van der Waals surface area contributed by atoms with Gasteiger partial charge in [-0.2, -0.15) is 18.4 Å². The van der Waals surface area contributed by atoms with Crippen molar-refractivity contribution >= 4 is 28.3 Å². The fourth-order valence-corrected chi connectivity index (χ4v) is 6.01. The summed E-state index contributed by atoms with van der Waals surface area (Å²) in [6.45, 7) is 0.491. The number of allylic oxidation sites excluding steroid dienone is 4. The van der Waals surface area contributed by atoms with Crippen molar-refractivity contribution < 1.29 is 22.3 Å². The van der Waals surface area contributed by atoms with Crippen LogP contribution in [0.3, 0.4) is 0 Å². The average Bonchev–Trinajstić information content (AvgIpc) is 3.23. The number of halogens is 4. The first-order chi connectivity index (χ1) is 12.4. The van der Waals surface area contributed by atoms with Gasteiger partial charge in [-0.05, 0) is 24.3 Å². The number of ether oxygens (including phenoxy) is 1. The molecule has 1 aromatic rings. The third kappa shape index (κ3) is 3.31. The molecule has 1 atom stereocenters. The van der Waals surface area contributed by atoms with Crippen molar-refractivity contribution in [2.45, 2.75) is 6.18 Å². The van der Waals surface area contributed by atoms with Crippen LogP contribution in [0.1, 0.15) is 0 Å². The van der Waals surface area contributed by atoms with E-state index in [4.69, 9.17) is 4.74 Å². The van der Waals surface area contributed by atoms with Crippen LogP contribution < -0.4 is 9.64 Å². The highest BCUT2D eigenvalue weighted by Crippen LogP contribution is 2.61. The zero-order valence-corrected chi connectivity index (χ0v) is 15.3. The van der Waals surface area contributed by atoms with Crippen molar-refractivity contribution in [3.63, 3.8) is 0 Å². The molecule has 3 rings (SSSR count). The molecular weight excluding hydrogens is 388 g/mol.